The van der Waals surface area contributed by atoms with E-state index in [1.165, 1.54) is 24.8 Å². The Morgan fingerprint density at radius 1 is 1.13 bits per heavy atom. The third-order valence-corrected chi connectivity index (χ3v) is 4.00. The molecule has 0 bridgehead atoms. The van der Waals surface area contributed by atoms with Gasteiger partial charge in [0, 0.05) is 18.1 Å². The fraction of sp³-hybridized carbons (Fsp3) is 0.538. The average molecular weight is 202 g/mol. The molecule has 1 saturated carbocycles. The number of nitrogens with one attached hydrogen (secondary N) is 1. The van der Waals surface area contributed by atoms with E-state index in [-0.39, 0.29) is 0 Å². The molecule has 15 heavy (non-hydrogen) atoms. The number of hydrogen-bond donors (Lipinski definition) is 2. The largest absolute Gasteiger partial charge is 0.326 e. The van der Waals surface area contributed by atoms with Gasteiger partial charge in [-0.1, -0.05) is 36.8 Å². The Kier molecular flexibility index (Phi) is 2.26. The molecule has 1 heterocycles. The second-order valence-electron chi connectivity index (χ2n) is 4.83. The predicted molar refractivity (Wildman–Crippen MR) is 61.4 cm³/mol. The smallest absolute Gasteiger partial charge is 0.0479 e. The van der Waals surface area contributed by atoms with Crippen LogP contribution in [-0.2, 0) is 0 Å². The van der Waals surface area contributed by atoms with E-state index in [2.05, 4.69) is 35.6 Å². The van der Waals surface area contributed by atoms with Gasteiger partial charge < -0.3 is 11.1 Å². The summed E-state index contributed by atoms with van der Waals surface area (Å²) in [6.45, 7) is 0. The maximum atomic E-state index is 6.33. The normalized spacial score (nSPS) is 39.3. The molecule has 0 amide bonds. The molecule has 1 saturated heterocycles. The highest BCUT2D eigenvalue weighted by Crippen LogP contribution is 2.39. The van der Waals surface area contributed by atoms with Crippen molar-refractivity contribution < 1.29 is 0 Å². The van der Waals surface area contributed by atoms with E-state index >= 15 is 0 Å². The maximum Gasteiger partial charge on any atom is 0.0479 e. The molecule has 0 spiro atoms. The minimum absolute atomic E-state index is 0.305. The van der Waals surface area contributed by atoms with Crippen molar-refractivity contribution >= 4 is 0 Å². The van der Waals surface area contributed by atoms with Crippen molar-refractivity contribution in [3.8, 4) is 0 Å². The summed E-state index contributed by atoms with van der Waals surface area (Å²) in [5.41, 5.74) is 7.68. The number of rotatable bonds is 1. The van der Waals surface area contributed by atoms with Crippen LogP contribution in [-0.4, -0.2) is 12.1 Å². The van der Waals surface area contributed by atoms with Gasteiger partial charge in [-0.2, -0.15) is 0 Å². The Morgan fingerprint density at radius 2 is 1.93 bits per heavy atom. The molecule has 80 valence electrons. The van der Waals surface area contributed by atoms with Crippen LogP contribution in [0.4, 0.5) is 0 Å². The van der Waals surface area contributed by atoms with Crippen LogP contribution in [0.15, 0.2) is 30.3 Å². The van der Waals surface area contributed by atoms with Crippen molar-refractivity contribution in [1.82, 2.24) is 5.32 Å². The van der Waals surface area contributed by atoms with E-state index in [4.69, 9.17) is 5.73 Å². The molecule has 2 aliphatic rings. The van der Waals surface area contributed by atoms with Gasteiger partial charge in [-0.15, -0.1) is 0 Å². The fourth-order valence-corrected chi connectivity index (χ4v) is 3.22. The zero-order valence-corrected chi connectivity index (χ0v) is 8.89. The Labute approximate surface area is 90.9 Å². The third-order valence-electron chi connectivity index (χ3n) is 4.00. The topological polar surface area (TPSA) is 38.0 Å². The summed E-state index contributed by atoms with van der Waals surface area (Å²) in [6, 6.07) is 12.0. The second kappa shape index (κ2) is 3.62. The third kappa shape index (κ3) is 1.48. The van der Waals surface area contributed by atoms with Crippen LogP contribution in [0.1, 0.15) is 30.9 Å². The second-order valence-corrected chi connectivity index (χ2v) is 4.83. The lowest BCUT2D eigenvalue weighted by atomic mass is 9.93. The Morgan fingerprint density at radius 3 is 2.67 bits per heavy atom. The molecule has 1 aliphatic carbocycles. The summed E-state index contributed by atoms with van der Waals surface area (Å²) in [4.78, 5) is 0. The molecule has 0 aromatic heterocycles. The van der Waals surface area contributed by atoms with Crippen molar-refractivity contribution in [2.75, 3.05) is 0 Å². The van der Waals surface area contributed by atoms with Gasteiger partial charge in [0.05, 0.1) is 0 Å². The summed E-state index contributed by atoms with van der Waals surface area (Å²) >= 11 is 0. The first-order valence-electron chi connectivity index (χ1n) is 5.93. The van der Waals surface area contributed by atoms with Crippen LogP contribution < -0.4 is 11.1 Å². The minimum Gasteiger partial charge on any atom is -0.326 e. The van der Waals surface area contributed by atoms with Crippen LogP contribution in [0.3, 0.4) is 0 Å². The highest BCUT2D eigenvalue weighted by Gasteiger charge is 2.43. The molecular formula is C13H18N2. The molecule has 4 atom stereocenters. The van der Waals surface area contributed by atoms with E-state index in [1.54, 1.807) is 0 Å². The Bertz CT molecular complexity index is 336. The molecule has 2 nitrogen and oxygen atoms in total. The van der Waals surface area contributed by atoms with Crippen molar-refractivity contribution in [3.05, 3.63) is 35.9 Å². The molecule has 3 rings (SSSR count). The zero-order chi connectivity index (χ0) is 10.3. The molecule has 0 radical (unpaired) electrons. The Hall–Kier alpha value is -0.860. The minimum atomic E-state index is 0.305. The van der Waals surface area contributed by atoms with Gasteiger partial charge in [0.25, 0.3) is 0 Å². The van der Waals surface area contributed by atoms with Crippen molar-refractivity contribution in [3.63, 3.8) is 0 Å². The standard InChI is InChI=1S/C13H18N2/c14-12-10-7-4-8-11(10)15-13(12)9-5-2-1-3-6-9/h1-3,5-6,10-13,15H,4,7-8,14H2. The Balaban J connectivity index is 1.85. The highest BCUT2D eigenvalue weighted by atomic mass is 15.1. The van der Waals surface area contributed by atoms with Crippen molar-refractivity contribution in [2.45, 2.75) is 37.4 Å². The van der Waals surface area contributed by atoms with Crippen LogP contribution in [0.25, 0.3) is 0 Å². The lowest BCUT2D eigenvalue weighted by Gasteiger charge is -2.19. The van der Waals surface area contributed by atoms with Gasteiger partial charge in [0.2, 0.25) is 0 Å². The van der Waals surface area contributed by atoms with Gasteiger partial charge in [0.15, 0.2) is 0 Å². The van der Waals surface area contributed by atoms with E-state index in [0.29, 0.717) is 24.0 Å². The average Bonchev–Trinajstić information content (AvgIpc) is 2.83. The molecule has 4 unspecified atom stereocenters. The van der Waals surface area contributed by atoms with Crippen LogP contribution >= 0.6 is 0 Å². The van der Waals surface area contributed by atoms with Gasteiger partial charge in [-0.3, -0.25) is 0 Å². The first-order valence-corrected chi connectivity index (χ1v) is 5.93. The zero-order valence-electron chi connectivity index (χ0n) is 8.89. The molecule has 3 N–H and O–H groups in total. The lowest BCUT2D eigenvalue weighted by molar-refractivity contribution is 0.459. The lowest BCUT2D eigenvalue weighted by Crippen LogP contribution is -2.32. The van der Waals surface area contributed by atoms with Crippen LogP contribution in [0.2, 0.25) is 0 Å². The summed E-state index contributed by atoms with van der Waals surface area (Å²) in [7, 11) is 0. The number of fused-ring (bicyclic) bond motifs is 1. The summed E-state index contributed by atoms with van der Waals surface area (Å²) in [6.07, 6.45) is 3.96. The highest BCUT2D eigenvalue weighted by molar-refractivity contribution is 5.24. The molecule has 1 aromatic carbocycles. The molecule has 2 heteroatoms. The SMILES string of the molecule is NC1C(c2ccccc2)NC2CCCC21. The maximum absolute atomic E-state index is 6.33. The van der Waals surface area contributed by atoms with Crippen LogP contribution in [0, 0.1) is 5.92 Å². The van der Waals surface area contributed by atoms with Gasteiger partial charge >= 0.3 is 0 Å². The molecule has 1 aliphatic heterocycles. The summed E-state index contributed by atoms with van der Waals surface area (Å²) in [5, 5.41) is 3.69. The summed E-state index contributed by atoms with van der Waals surface area (Å²) < 4.78 is 0. The van der Waals surface area contributed by atoms with E-state index in [0.717, 1.165) is 0 Å². The molecular weight excluding hydrogens is 184 g/mol. The van der Waals surface area contributed by atoms with Gasteiger partial charge in [-0.25, -0.2) is 0 Å². The summed E-state index contributed by atoms with van der Waals surface area (Å²) in [5.74, 6) is 0.704. The number of hydrogen-bond acceptors (Lipinski definition) is 2. The first-order chi connectivity index (χ1) is 7.36. The predicted octanol–water partition coefficient (Wildman–Crippen LogP) is 1.83. The quantitative estimate of drug-likeness (QED) is 0.729. The monoisotopic (exact) mass is 202 g/mol. The van der Waals surface area contributed by atoms with E-state index in [1.807, 2.05) is 0 Å². The van der Waals surface area contributed by atoms with Crippen molar-refractivity contribution in [2.24, 2.45) is 11.7 Å². The van der Waals surface area contributed by atoms with Gasteiger partial charge in [0.1, 0.15) is 0 Å². The van der Waals surface area contributed by atoms with E-state index in [9.17, 15) is 0 Å². The van der Waals surface area contributed by atoms with Gasteiger partial charge in [-0.05, 0) is 24.3 Å². The first kappa shape index (κ1) is 9.37. The van der Waals surface area contributed by atoms with Crippen molar-refractivity contribution in [1.29, 1.82) is 0 Å². The van der Waals surface area contributed by atoms with Crippen LogP contribution in [0.5, 0.6) is 0 Å². The molecule has 1 aromatic rings. The number of benzene rings is 1. The van der Waals surface area contributed by atoms with E-state index < -0.39 is 0 Å². The fourth-order valence-electron chi connectivity index (χ4n) is 3.22. The number of nitrogens with two attached hydrogens (primary N) is 1. The molecule has 2 fully saturated rings.